The highest BCUT2D eigenvalue weighted by molar-refractivity contribution is 5.88. The van der Waals surface area contributed by atoms with Gasteiger partial charge in [0.2, 0.25) is 0 Å². The highest BCUT2D eigenvalue weighted by atomic mass is 16.5. The Bertz CT molecular complexity index is 1130. The van der Waals surface area contributed by atoms with Gasteiger partial charge in [0.25, 0.3) is 0 Å². The van der Waals surface area contributed by atoms with Crippen LogP contribution in [0.3, 0.4) is 0 Å². The second kappa shape index (κ2) is 15.4. The summed E-state index contributed by atoms with van der Waals surface area (Å²) in [6.07, 6.45) is 5.70. The molecule has 0 bridgehead atoms. The number of ether oxygens (including phenoxy) is 2. The summed E-state index contributed by atoms with van der Waals surface area (Å²) < 4.78 is 11.3. The van der Waals surface area contributed by atoms with Crippen LogP contribution in [0.2, 0.25) is 0 Å². The summed E-state index contributed by atoms with van der Waals surface area (Å²) >= 11 is 0. The fourth-order valence-corrected chi connectivity index (χ4v) is 4.56. The molecule has 2 rings (SSSR count). The van der Waals surface area contributed by atoms with Crippen molar-refractivity contribution < 1.29 is 24.2 Å². The van der Waals surface area contributed by atoms with Crippen molar-refractivity contribution in [2.45, 2.75) is 78.6 Å². The fraction of sp³-hybridized carbons (Fsp3) is 0.471. The van der Waals surface area contributed by atoms with Gasteiger partial charge in [-0.3, -0.25) is 0 Å². The zero-order valence-electron chi connectivity index (χ0n) is 24.5. The number of unbranched alkanes of at least 4 members (excludes halogenated alkanes) is 2. The first-order chi connectivity index (χ1) is 18.6. The van der Waals surface area contributed by atoms with Crippen molar-refractivity contribution >= 4 is 11.9 Å². The molecule has 0 spiro atoms. The van der Waals surface area contributed by atoms with Gasteiger partial charge < -0.3 is 14.6 Å². The van der Waals surface area contributed by atoms with Gasteiger partial charge in [0.05, 0.1) is 5.41 Å². The minimum atomic E-state index is -0.735. The first-order valence-corrected chi connectivity index (χ1v) is 14.1. The molecule has 5 nitrogen and oxygen atoms in total. The predicted octanol–water partition coefficient (Wildman–Crippen LogP) is 7.28. The molecule has 0 aliphatic carbocycles. The largest absolute Gasteiger partial charge is 0.461 e. The molecule has 2 aromatic rings. The Kier molecular flexibility index (Phi) is 12.7. The first-order valence-electron chi connectivity index (χ1n) is 14.1. The molecular weight excluding hydrogens is 488 g/mol. The van der Waals surface area contributed by atoms with Crippen LogP contribution in [0.5, 0.6) is 0 Å². The second-order valence-electron chi connectivity index (χ2n) is 10.8. The summed E-state index contributed by atoms with van der Waals surface area (Å²) in [4.78, 5) is 24.9. The zero-order valence-corrected chi connectivity index (χ0v) is 24.5. The molecule has 212 valence electrons. The fourth-order valence-electron chi connectivity index (χ4n) is 4.56. The summed E-state index contributed by atoms with van der Waals surface area (Å²) in [6, 6.07) is 14.8. The van der Waals surface area contributed by atoms with Crippen LogP contribution >= 0.6 is 0 Å². The smallest absolute Gasteiger partial charge is 0.333 e. The molecule has 39 heavy (non-hydrogen) atoms. The van der Waals surface area contributed by atoms with E-state index in [1.54, 1.807) is 6.92 Å². The lowest BCUT2D eigenvalue weighted by molar-refractivity contribution is -0.145. The third-order valence-corrected chi connectivity index (χ3v) is 7.40. The van der Waals surface area contributed by atoms with Gasteiger partial charge in [-0.15, -0.1) is 0 Å². The van der Waals surface area contributed by atoms with E-state index >= 15 is 0 Å². The summed E-state index contributed by atoms with van der Waals surface area (Å²) in [5, 5.41) is 9.31. The van der Waals surface area contributed by atoms with Gasteiger partial charge in [-0.1, -0.05) is 89.2 Å². The molecule has 5 heteroatoms. The Morgan fingerprint density at radius 2 is 1.56 bits per heavy atom. The molecule has 1 N–H and O–H groups in total. The highest BCUT2D eigenvalue weighted by Crippen LogP contribution is 2.32. The van der Waals surface area contributed by atoms with Gasteiger partial charge in [-0.25, -0.2) is 9.59 Å². The molecule has 0 fully saturated rings. The number of esters is 2. The zero-order chi connectivity index (χ0) is 29.0. The van der Waals surface area contributed by atoms with E-state index in [4.69, 9.17) is 9.47 Å². The lowest BCUT2D eigenvalue weighted by Gasteiger charge is -2.32. The summed E-state index contributed by atoms with van der Waals surface area (Å²) in [5.74, 6) is -1.07. The number of rotatable bonds is 16. The lowest BCUT2D eigenvalue weighted by atomic mass is 9.79. The number of aliphatic hydroxyl groups excluding tert-OH is 1. The number of carbonyl (C=O) groups excluding carboxylic acids is 2. The standard InChI is InChI=1S/C34H46O5/c1-8-10-11-12-28-13-14-30(20-26(28)6)29-15-17-31(18-16-29)34(9-2,22-38-32(36)24(3)4)23-39-33(37)27(7)19-25(5)21-35/h13-18,20,25,35H,3,7-12,19,21-23H2,1-2,4-6H3. The summed E-state index contributed by atoms with van der Waals surface area (Å²) in [7, 11) is 0. The predicted molar refractivity (Wildman–Crippen MR) is 159 cm³/mol. The van der Waals surface area contributed by atoms with Crippen LogP contribution in [0.15, 0.2) is 66.8 Å². The molecule has 0 aromatic heterocycles. The van der Waals surface area contributed by atoms with E-state index in [-0.39, 0.29) is 25.7 Å². The normalized spacial score (nSPS) is 13.3. The molecule has 2 atom stereocenters. The van der Waals surface area contributed by atoms with E-state index in [2.05, 4.69) is 57.3 Å². The molecule has 0 heterocycles. The topological polar surface area (TPSA) is 72.8 Å². The van der Waals surface area contributed by atoms with Gasteiger partial charge in [0.15, 0.2) is 0 Å². The molecule has 0 aliphatic rings. The van der Waals surface area contributed by atoms with Crippen LogP contribution < -0.4 is 0 Å². The van der Waals surface area contributed by atoms with Crippen molar-refractivity contribution in [1.82, 2.24) is 0 Å². The van der Waals surface area contributed by atoms with Crippen LogP contribution in [0.1, 0.15) is 76.5 Å². The third-order valence-electron chi connectivity index (χ3n) is 7.40. The molecule has 0 saturated heterocycles. The van der Waals surface area contributed by atoms with Crippen molar-refractivity contribution in [2.75, 3.05) is 19.8 Å². The maximum absolute atomic E-state index is 12.7. The molecule has 2 aromatic carbocycles. The van der Waals surface area contributed by atoms with Gasteiger partial charge in [-0.2, -0.15) is 0 Å². The van der Waals surface area contributed by atoms with Gasteiger partial charge in [0.1, 0.15) is 13.2 Å². The maximum atomic E-state index is 12.7. The quantitative estimate of drug-likeness (QED) is 0.139. The number of hydrogen-bond donors (Lipinski definition) is 1. The van der Waals surface area contributed by atoms with Crippen LogP contribution in [-0.2, 0) is 30.9 Å². The number of carbonyl (C=O) groups is 2. The van der Waals surface area contributed by atoms with Crippen molar-refractivity contribution in [3.05, 3.63) is 83.5 Å². The van der Waals surface area contributed by atoms with Crippen LogP contribution in [0.4, 0.5) is 0 Å². The minimum absolute atomic E-state index is 0.0310. The van der Waals surface area contributed by atoms with Crippen LogP contribution in [-0.4, -0.2) is 36.9 Å². The van der Waals surface area contributed by atoms with E-state index < -0.39 is 17.4 Å². The average Bonchev–Trinajstić information content (AvgIpc) is 2.93. The molecular formula is C34H46O5. The molecule has 0 saturated carbocycles. The molecule has 0 amide bonds. The van der Waals surface area contributed by atoms with Gasteiger partial charge in [0, 0.05) is 17.8 Å². The van der Waals surface area contributed by atoms with Gasteiger partial charge in [-0.05, 0) is 73.3 Å². The van der Waals surface area contributed by atoms with Crippen molar-refractivity contribution in [3.8, 4) is 11.1 Å². The van der Waals surface area contributed by atoms with E-state index in [1.165, 1.54) is 30.4 Å². The van der Waals surface area contributed by atoms with E-state index in [1.807, 2.05) is 26.0 Å². The molecule has 2 unspecified atom stereocenters. The van der Waals surface area contributed by atoms with E-state index in [0.29, 0.717) is 24.0 Å². The maximum Gasteiger partial charge on any atom is 0.333 e. The Balaban J connectivity index is 2.29. The summed E-state index contributed by atoms with van der Waals surface area (Å²) in [5.41, 5.74) is 5.73. The Hall–Kier alpha value is -3.18. The Morgan fingerprint density at radius 1 is 0.949 bits per heavy atom. The van der Waals surface area contributed by atoms with Gasteiger partial charge >= 0.3 is 11.9 Å². The number of aryl methyl sites for hydroxylation is 2. The average molecular weight is 535 g/mol. The highest BCUT2D eigenvalue weighted by Gasteiger charge is 2.35. The van der Waals surface area contributed by atoms with Crippen molar-refractivity contribution in [2.24, 2.45) is 5.92 Å². The summed E-state index contributed by atoms with van der Waals surface area (Å²) in [6.45, 7) is 17.4. The van der Waals surface area contributed by atoms with Crippen molar-refractivity contribution in [1.29, 1.82) is 0 Å². The number of benzene rings is 2. The number of aliphatic hydroxyl groups is 1. The van der Waals surface area contributed by atoms with E-state index in [9.17, 15) is 14.7 Å². The Morgan fingerprint density at radius 3 is 2.10 bits per heavy atom. The van der Waals surface area contributed by atoms with Crippen molar-refractivity contribution in [3.63, 3.8) is 0 Å². The second-order valence-corrected chi connectivity index (χ2v) is 10.8. The third kappa shape index (κ3) is 9.21. The van der Waals surface area contributed by atoms with Crippen LogP contribution in [0, 0.1) is 12.8 Å². The minimum Gasteiger partial charge on any atom is -0.461 e. The number of hydrogen-bond acceptors (Lipinski definition) is 5. The Labute approximate surface area is 234 Å². The SMILES string of the molecule is C=C(C)C(=O)OCC(CC)(COC(=O)C(=C)CC(C)CO)c1ccc(-c2ccc(CCCCC)c(C)c2)cc1. The monoisotopic (exact) mass is 534 g/mol. The van der Waals surface area contributed by atoms with E-state index in [0.717, 1.165) is 23.1 Å². The lowest BCUT2D eigenvalue weighted by Crippen LogP contribution is -2.38. The molecule has 0 aliphatic heterocycles. The first kappa shape index (κ1) is 32.0. The molecule has 0 radical (unpaired) electrons. The van der Waals surface area contributed by atoms with Crippen LogP contribution in [0.25, 0.3) is 11.1 Å².